The summed E-state index contributed by atoms with van der Waals surface area (Å²) < 4.78 is 5.15. The summed E-state index contributed by atoms with van der Waals surface area (Å²) in [5.41, 5.74) is 0.984. The van der Waals surface area contributed by atoms with E-state index in [1.807, 2.05) is 6.08 Å². The van der Waals surface area contributed by atoms with E-state index in [4.69, 9.17) is 4.74 Å². The van der Waals surface area contributed by atoms with Crippen LogP contribution >= 0.6 is 15.9 Å². The van der Waals surface area contributed by atoms with Gasteiger partial charge in [-0.1, -0.05) is 35.9 Å². The first-order chi connectivity index (χ1) is 8.39. The number of ketones is 1. The van der Waals surface area contributed by atoms with Gasteiger partial charge in [0, 0.05) is 22.2 Å². The molecule has 2 aliphatic carbocycles. The van der Waals surface area contributed by atoms with Crippen LogP contribution in [0, 0.1) is 16.7 Å². The normalized spacial score (nSPS) is 40.0. The molecular formula is C15H21BrO2. The van der Waals surface area contributed by atoms with Crippen molar-refractivity contribution in [2.24, 2.45) is 16.7 Å². The number of fused-ring (bicyclic) bond motifs is 1. The molecule has 0 bridgehead atoms. The number of carbonyl (C=O) groups is 1. The molecule has 0 heterocycles. The Bertz CT molecular complexity index is 411. The average molecular weight is 313 g/mol. The average Bonchev–Trinajstić information content (AvgIpc) is 2.63. The number of methoxy groups -OCH3 is 1. The Kier molecular flexibility index (Phi) is 3.48. The summed E-state index contributed by atoms with van der Waals surface area (Å²) in [5.74, 6) is 0.600. The minimum Gasteiger partial charge on any atom is -0.504 e. The van der Waals surface area contributed by atoms with Gasteiger partial charge in [0.1, 0.15) is 0 Å². The quantitative estimate of drug-likeness (QED) is 0.342. The number of ether oxygens (including phenoxy) is 1. The molecule has 0 N–H and O–H groups in total. The van der Waals surface area contributed by atoms with Gasteiger partial charge >= 0.3 is 0 Å². The third-order valence-electron chi connectivity index (χ3n) is 4.57. The maximum atomic E-state index is 12.2. The summed E-state index contributed by atoms with van der Waals surface area (Å²) in [6.45, 7) is 8.41. The lowest BCUT2D eigenvalue weighted by molar-refractivity contribution is -0.115. The SMILES string of the molecule is C=CC[C@]12CC(C)(C)[C@H](Br)[C@H]1CC(=O)/C2=C/OC. The van der Waals surface area contributed by atoms with Gasteiger partial charge in [0.05, 0.1) is 13.4 Å². The van der Waals surface area contributed by atoms with Crippen LogP contribution in [-0.4, -0.2) is 17.7 Å². The summed E-state index contributed by atoms with van der Waals surface area (Å²) in [4.78, 5) is 12.6. The van der Waals surface area contributed by atoms with Crippen LogP contribution in [0.1, 0.15) is 33.1 Å². The zero-order valence-corrected chi connectivity index (χ0v) is 12.9. The predicted octanol–water partition coefficient (Wildman–Crippen LogP) is 3.86. The van der Waals surface area contributed by atoms with Crippen LogP contribution in [-0.2, 0) is 9.53 Å². The number of hydrogen-bond donors (Lipinski definition) is 0. The van der Waals surface area contributed by atoms with Crippen LogP contribution < -0.4 is 0 Å². The van der Waals surface area contributed by atoms with Gasteiger partial charge in [-0.3, -0.25) is 4.79 Å². The molecule has 0 aromatic heterocycles. The molecule has 2 nitrogen and oxygen atoms in total. The molecule has 0 aliphatic heterocycles. The lowest BCUT2D eigenvalue weighted by Gasteiger charge is -2.30. The van der Waals surface area contributed by atoms with E-state index in [0.717, 1.165) is 18.4 Å². The molecule has 0 aromatic carbocycles. The summed E-state index contributed by atoms with van der Waals surface area (Å²) >= 11 is 3.82. The van der Waals surface area contributed by atoms with Crippen LogP contribution in [0.2, 0.25) is 0 Å². The Hall–Kier alpha value is -0.570. The number of Topliss-reactive ketones (excluding diaryl/α,β-unsaturated/α-hetero) is 1. The van der Waals surface area contributed by atoms with E-state index in [2.05, 4.69) is 36.4 Å². The largest absolute Gasteiger partial charge is 0.504 e. The van der Waals surface area contributed by atoms with Gasteiger partial charge in [0.25, 0.3) is 0 Å². The van der Waals surface area contributed by atoms with Crippen molar-refractivity contribution < 1.29 is 9.53 Å². The van der Waals surface area contributed by atoms with Gasteiger partial charge in [0.2, 0.25) is 0 Å². The zero-order chi connectivity index (χ0) is 13.6. The molecule has 2 rings (SSSR count). The van der Waals surface area contributed by atoms with Gasteiger partial charge in [-0.15, -0.1) is 6.58 Å². The number of alkyl halides is 1. The Morgan fingerprint density at radius 1 is 1.56 bits per heavy atom. The van der Waals surface area contributed by atoms with Crippen molar-refractivity contribution in [3.05, 3.63) is 24.5 Å². The molecule has 18 heavy (non-hydrogen) atoms. The maximum absolute atomic E-state index is 12.2. The van der Waals surface area contributed by atoms with E-state index in [1.54, 1.807) is 13.4 Å². The molecule has 0 amide bonds. The highest BCUT2D eigenvalue weighted by Gasteiger charge is 2.62. The summed E-state index contributed by atoms with van der Waals surface area (Å²) in [7, 11) is 1.61. The number of allylic oxidation sites excluding steroid dienone is 2. The number of rotatable bonds is 3. The standard InChI is InChI=1S/C15H21BrO2/c1-5-6-15-9-14(2,3)13(16)10(15)7-12(17)11(15)8-18-4/h5,8,10,13H,1,6-7,9H2,2-4H3/b11-8-/t10-,13-,15+/m1/s1. The highest BCUT2D eigenvalue weighted by atomic mass is 79.9. The first kappa shape index (κ1) is 13.9. The fraction of sp³-hybridized carbons (Fsp3) is 0.667. The fourth-order valence-corrected chi connectivity index (χ4v) is 4.79. The molecule has 2 saturated carbocycles. The van der Waals surface area contributed by atoms with E-state index in [0.29, 0.717) is 17.2 Å². The molecular weight excluding hydrogens is 292 g/mol. The van der Waals surface area contributed by atoms with Crippen LogP contribution in [0.4, 0.5) is 0 Å². The van der Waals surface area contributed by atoms with E-state index in [9.17, 15) is 4.79 Å². The molecule has 100 valence electrons. The van der Waals surface area contributed by atoms with Crippen LogP contribution in [0.5, 0.6) is 0 Å². The monoisotopic (exact) mass is 312 g/mol. The first-order valence-electron chi connectivity index (χ1n) is 6.40. The van der Waals surface area contributed by atoms with Gasteiger partial charge in [-0.25, -0.2) is 0 Å². The van der Waals surface area contributed by atoms with Gasteiger partial charge < -0.3 is 4.74 Å². The Morgan fingerprint density at radius 3 is 2.78 bits per heavy atom. The maximum Gasteiger partial charge on any atom is 0.162 e. The second-order valence-corrected chi connectivity index (χ2v) is 7.20. The fourth-order valence-electron chi connectivity index (χ4n) is 3.94. The van der Waals surface area contributed by atoms with Crippen molar-refractivity contribution in [1.29, 1.82) is 0 Å². The minimum absolute atomic E-state index is 0.0769. The molecule has 3 atom stereocenters. The topological polar surface area (TPSA) is 26.3 Å². The highest BCUT2D eigenvalue weighted by Crippen LogP contribution is 2.65. The molecule has 0 radical (unpaired) electrons. The summed E-state index contributed by atoms with van der Waals surface area (Å²) in [6, 6.07) is 0. The third kappa shape index (κ3) is 1.78. The van der Waals surface area contributed by atoms with Crippen LogP contribution in [0.3, 0.4) is 0 Å². The predicted molar refractivity (Wildman–Crippen MR) is 76.6 cm³/mol. The molecule has 0 spiro atoms. The van der Waals surface area contributed by atoms with Gasteiger partial charge in [-0.05, 0) is 24.2 Å². The van der Waals surface area contributed by atoms with Gasteiger partial charge in [-0.2, -0.15) is 0 Å². The van der Waals surface area contributed by atoms with E-state index < -0.39 is 0 Å². The molecule has 2 fully saturated rings. The smallest absolute Gasteiger partial charge is 0.162 e. The first-order valence-corrected chi connectivity index (χ1v) is 7.32. The molecule has 2 aliphatic rings. The summed E-state index contributed by atoms with van der Waals surface area (Å²) in [5, 5.41) is 0. The Balaban J connectivity index is 2.50. The lowest BCUT2D eigenvalue weighted by Crippen LogP contribution is -2.24. The minimum atomic E-state index is -0.0769. The third-order valence-corrected chi connectivity index (χ3v) is 6.44. The second kappa shape index (κ2) is 4.52. The Labute approximate surface area is 118 Å². The van der Waals surface area contributed by atoms with Crippen molar-refractivity contribution in [3.63, 3.8) is 0 Å². The molecule has 0 aromatic rings. The van der Waals surface area contributed by atoms with Crippen LogP contribution in [0.15, 0.2) is 24.5 Å². The van der Waals surface area contributed by atoms with Crippen molar-refractivity contribution in [2.75, 3.05) is 7.11 Å². The van der Waals surface area contributed by atoms with Crippen molar-refractivity contribution in [1.82, 2.24) is 0 Å². The number of hydrogen-bond acceptors (Lipinski definition) is 2. The molecule has 0 saturated heterocycles. The van der Waals surface area contributed by atoms with Crippen molar-refractivity contribution >= 4 is 21.7 Å². The van der Waals surface area contributed by atoms with E-state index in [1.165, 1.54) is 0 Å². The van der Waals surface area contributed by atoms with Crippen molar-refractivity contribution in [2.45, 2.75) is 37.9 Å². The zero-order valence-electron chi connectivity index (χ0n) is 11.3. The van der Waals surface area contributed by atoms with E-state index >= 15 is 0 Å². The van der Waals surface area contributed by atoms with Gasteiger partial charge in [0.15, 0.2) is 5.78 Å². The second-order valence-electron chi connectivity index (χ2n) is 6.22. The lowest BCUT2D eigenvalue weighted by atomic mass is 9.73. The van der Waals surface area contributed by atoms with E-state index in [-0.39, 0.29) is 16.6 Å². The van der Waals surface area contributed by atoms with Crippen molar-refractivity contribution in [3.8, 4) is 0 Å². The number of halogens is 1. The highest BCUT2D eigenvalue weighted by molar-refractivity contribution is 9.09. The molecule has 3 heteroatoms. The number of carbonyl (C=O) groups excluding carboxylic acids is 1. The summed E-state index contributed by atoms with van der Waals surface area (Å²) in [6.07, 6.45) is 6.09. The van der Waals surface area contributed by atoms with Crippen LogP contribution in [0.25, 0.3) is 0 Å². The molecule has 0 unspecified atom stereocenters. The Morgan fingerprint density at radius 2 is 2.22 bits per heavy atom.